The van der Waals surface area contributed by atoms with Crippen LogP contribution >= 0.6 is 0 Å². The summed E-state index contributed by atoms with van der Waals surface area (Å²) in [6.07, 6.45) is 8.62. The van der Waals surface area contributed by atoms with Crippen molar-refractivity contribution >= 4 is 0 Å². The third kappa shape index (κ3) is 2.98. The van der Waals surface area contributed by atoms with E-state index in [1.165, 1.54) is 58.2 Å². The topological polar surface area (TPSA) is 15.3 Å². The van der Waals surface area contributed by atoms with Crippen molar-refractivity contribution in [3.63, 3.8) is 0 Å². The third-order valence-electron chi connectivity index (χ3n) is 4.62. The standard InChI is InChI=1S/C14H28N2/c1-3-16(13-7-5-4-6-8-13)11-14-12(2)9-10-15-14/h12-15H,3-11H2,1-2H3. The van der Waals surface area contributed by atoms with Gasteiger partial charge in [-0.15, -0.1) is 0 Å². The third-order valence-corrected chi connectivity index (χ3v) is 4.62. The fourth-order valence-corrected chi connectivity index (χ4v) is 3.38. The average Bonchev–Trinajstić information content (AvgIpc) is 2.73. The predicted molar refractivity (Wildman–Crippen MR) is 69.7 cm³/mol. The fourth-order valence-electron chi connectivity index (χ4n) is 3.38. The quantitative estimate of drug-likeness (QED) is 0.790. The average molecular weight is 224 g/mol. The number of likely N-dealkylation sites (N-methyl/N-ethyl adjacent to an activating group) is 1. The van der Waals surface area contributed by atoms with Gasteiger partial charge in [0.25, 0.3) is 0 Å². The minimum atomic E-state index is 0.752. The SMILES string of the molecule is CCN(CC1NCCC1C)C1CCCCC1. The minimum Gasteiger partial charge on any atom is -0.312 e. The molecule has 0 aromatic rings. The van der Waals surface area contributed by atoms with Crippen molar-refractivity contribution in [2.75, 3.05) is 19.6 Å². The van der Waals surface area contributed by atoms with Gasteiger partial charge in [0.15, 0.2) is 0 Å². The van der Waals surface area contributed by atoms with E-state index in [1.54, 1.807) is 0 Å². The van der Waals surface area contributed by atoms with Gasteiger partial charge in [-0.3, -0.25) is 4.90 Å². The van der Waals surface area contributed by atoms with E-state index in [4.69, 9.17) is 0 Å². The van der Waals surface area contributed by atoms with E-state index < -0.39 is 0 Å². The maximum absolute atomic E-state index is 3.67. The second-order valence-corrected chi connectivity index (χ2v) is 5.71. The summed E-state index contributed by atoms with van der Waals surface area (Å²) in [6, 6.07) is 1.63. The smallest absolute Gasteiger partial charge is 0.0221 e. The van der Waals surface area contributed by atoms with Gasteiger partial charge < -0.3 is 5.32 Å². The molecular formula is C14H28N2. The highest BCUT2D eigenvalue weighted by Crippen LogP contribution is 2.24. The van der Waals surface area contributed by atoms with E-state index in [2.05, 4.69) is 24.1 Å². The molecule has 2 aliphatic rings. The lowest BCUT2D eigenvalue weighted by Crippen LogP contribution is -2.45. The molecule has 1 aliphatic carbocycles. The Hall–Kier alpha value is -0.0800. The molecule has 1 heterocycles. The summed E-state index contributed by atoms with van der Waals surface area (Å²) in [4.78, 5) is 2.73. The Morgan fingerprint density at radius 3 is 2.44 bits per heavy atom. The number of nitrogens with one attached hydrogen (secondary N) is 1. The van der Waals surface area contributed by atoms with Crippen molar-refractivity contribution in [2.24, 2.45) is 5.92 Å². The van der Waals surface area contributed by atoms with E-state index >= 15 is 0 Å². The maximum Gasteiger partial charge on any atom is 0.0221 e. The zero-order valence-electron chi connectivity index (χ0n) is 11.0. The molecule has 2 rings (SSSR count). The summed E-state index contributed by atoms with van der Waals surface area (Å²) in [6.45, 7) is 8.47. The molecule has 1 saturated heterocycles. The Labute approximate surface area is 101 Å². The lowest BCUT2D eigenvalue weighted by atomic mass is 9.93. The van der Waals surface area contributed by atoms with Crippen LogP contribution in [0.4, 0.5) is 0 Å². The van der Waals surface area contributed by atoms with Crippen LogP contribution in [0.5, 0.6) is 0 Å². The Balaban J connectivity index is 1.83. The Morgan fingerprint density at radius 2 is 1.88 bits per heavy atom. The van der Waals surface area contributed by atoms with Crippen LogP contribution in [0.15, 0.2) is 0 Å². The molecule has 94 valence electrons. The van der Waals surface area contributed by atoms with Crippen molar-refractivity contribution in [3.05, 3.63) is 0 Å². The van der Waals surface area contributed by atoms with Crippen molar-refractivity contribution in [1.82, 2.24) is 10.2 Å². The fraction of sp³-hybridized carbons (Fsp3) is 1.00. The molecule has 16 heavy (non-hydrogen) atoms. The van der Waals surface area contributed by atoms with Gasteiger partial charge in [0.2, 0.25) is 0 Å². The van der Waals surface area contributed by atoms with Gasteiger partial charge in [-0.1, -0.05) is 33.1 Å². The molecule has 0 aromatic heterocycles. The summed E-state index contributed by atoms with van der Waals surface area (Å²) in [7, 11) is 0. The minimum absolute atomic E-state index is 0.752. The summed E-state index contributed by atoms with van der Waals surface area (Å²) in [5.74, 6) is 0.873. The van der Waals surface area contributed by atoms with Crippen LogP contribution in [0.3, 0.4) is 0 Å². The van der Waals surface area contributed by atoms with Crippen LogP contribution in [0.2, 0.25) is 0 Å². The second kappa shape index (κ2) is 6.02. The van der Waals surface area contributed by atoms with Gasteiger partial charge in [-0.2, -0.15) is 0 Å². The molecule has 1 saturated carbocycles. The first kappa shape index (κ1) is 12.4. The Morgan fingerprint density at radius 1 is 1.12 bits per heavy atom. The normalized spacial score (nSPS) is 32.4. The van der Waals surface area contributed by atoms with Gasteiger partial charge in [0.1, 0.15) is 0 Å². The molecular weight excluding hydrogens is 196 g/mol. The summed E-state index contributed by atoms with van der Waals surface area (Å²) >= 11 is 0. The molecule has 1 aliphatic heterocycles. The van der Waals surface area contributed by atoms with E-state index in [-0.39, 0.29) is 0 Å². The first-order valence-electron chi connectivity index (χ1n) is 7.28. The molecule has 2 fully saturated rings. The lowest BCUT2D eigenvalue weighted by molar-refractivity contribution is 0.144. The van der Waals surface area contributed by atoms with E-state index in [9.17, 15) is 0 Å². The van der Waals surface area contributed by atoms with Crippen molar-refractivity contribution < 1.29 is 0 Å². The number of hydrogen-bond donors (Lipinski definition) is 1. The van der Waals surface area contributed by atoms with Gasteiger partial charge in [-0.25, -0.2) is 0 Å². The van der Waals surface area contributed by atoms with Gasteiger partial charge in [-0.05, 0) is 38.3 Å². The van der Waals surface area contributed by atoms with Crippen LogP contribution in [-0.4, -0.2) is 36.6 Å². The first-order chi connectivity index (χ1) is 7.81. The van der Waals surface area contributed by atoms with E-state index in [0.29, 0.717) is 0 Å². The van der Waals surface area contributed by atoms with Crippen molar-refractivity contribution in [2.45, 2.75) is 64.5 Å². The van der Waals surface area contributed by atoms with Crippen molar-refractivity contribution in [3.8, 4) is 0 Å². The van der Waals surface area contributed by atoms with Gasteiger partial charge in [0.05, 0.1) is 0 Å². The number of nitrogens with zero attached hydrogens (tertiary/aromatic N) is 1. The van der Waals surface area contributed by atoms with Gasteiger partial charge in [0, 0.05) is 18.6 Å². The van der Waals surface area contributed by atoms with Crippen LogP contribution in [-0.2, 0) is 0 Å². The van der Waals surface area contributed by atoms with Crippen molar-refractivity contribution in [1.29, 1.82) is 0 Å². The molecule has 0 aromatic carbocycles. The Bertz CT molecular complexity index is 199. The molecule has 0 bridgehead atoms. The summed E-state index contributed by atoms with van der Waals surface area (Å²) in [5.41, 5.74) is 0. The van der Waals surface area contributed by atoms with E-state index in [0.717, 1.165) is 18.0 Å². The molecule has 0 spiro atoms. The monoisotopic (exact) mass is 224 g/mol. The molecule has 1 N–H and O–H groups in total. The summed E-state index contributed by atoms with van der Waals surface area (Å²) < 4.78 is 0. The van der Waals surface area contributed by atoms with Crippen LogP contribution in [0.1, 0.15) is 52.4 Å². The highest BCUT2D eigenvalue weighted by Gasteiger charge is 2.27. The van der Waals surface area contributed by atoms with Crippen LogP contribution < -0.4 is 5.32 Å². The molecule has 0 radical (unpaired) electrons. The predicted octanol–water partition coefficient (Wildman–Crippen LogP) is 2.64. The molecule has 2 nitrogen and oxygen atoms in total. The largest absolute Gasteiger partial charge is 0.312 e. The number of hydrogen-bond acceptors (Lipinski definition) is 2. The molecule has 2 heteroatoms. The van der Waals surface area contributed by atoms with Gasteiger partial charge >= 0.3 is 0 Å². The highest BCUT2D eigenvalue weighted by atomic mass is 15.2. The Kier molecular flexibility index (Phi) is 4.66. The van der Waals surface area contributed by atoms with E-state index in [1.807, 2.05) is 0 Å². The second-order valence-electron chi connectivity index (χ2n) is 5.71. The molecule has 2 unspecified atom stereocenters. The first-order valence-corrected chi connectivity index (χ1v) is 7.28. The zero-order chi connectivity index (χ0) is 11.4. The molecule has 2 atom stereocenters. The summed E-state index contributed by atoms with van der Waals surface area (Å²) in [5, 5.41) is 3.67. The zero-order valence-corrected chi connectivity index (χ0v) is 11.0. The maximum atomic E-state index is 3.67. The van der Waals surface area contributed by atoms with Crippen LogP contribution in [0, 0.1) is 5.92 Å². The molecule has 0 amide bonds. The number of rotatable bonds is 4. The van der Waals surface area contributed by atoms with Crippen LogP contribution in [0.25, 0.3) is 0 Å². The lowest BCUT2D eigenvalue weighted by Gasteiger charge is -2.36. The highest BCUT2D eigenvalue weighted by molar-refractivity contribution is 4.86.